The molecule has 1 aromatic carbocycles. The van der Waals surface area contributed by atoms with Gasteiger partial charge >= 0.3 is 12.1 Å². The molecule has 2 unspecified atom stereocenters. The second-order valence-electron chi connectivity index (χ2n) is 5.68. The molecule has 0 saturated carbocycles. The first-order chi connectivity index (χ1) is 12.4. The molecule has 0 saturated heterocycles. The molecule has 3 amide bonds. The SMILES string of the molecule is CCCCOC(=O)NC(=O)NC(C)NCC(O)COc1ccc(O)cc1. The van der Waals surface area contributed by atoms with Crippen LogP contribution in [0.25, 0.3) is 0 Å². The molecule has 0 bridgehead atoms. The number of alkyl carbamates (subject to hydrolysis) is 1. The number of ether oxygens (including phenoxy) is 2. The third-order valence-corrected chi connectivity index (χ3v) is 3.23. The molecule has 1 aromatic rings. The van der Waals surface area contributed by atoms with Gasteiger partial charge in [0, 0.05) is 6.54 Å². The highest BCUT2D eigenvalue weighted by molar-refractivity contribution is 5.90. The van der Waals surface area contributed by atoms with E-state index in [9.17, 15) is 19.8 Å². The Kier molecular flexibility index (Phi) is 9.88. The van der Waals surface area contributed by atoms with Crippen LogP contribution in [-0.2, 0) is 4.74 Å². The number of phenols is 1. The summed E-state index contributed by atoms with van der Waals surface area (Å²) in [6.07, 6.45) is -0.474. The van der Waals surface area contributed by atoms with E-state index in [1.807, 2.05) is 12.2 Å². The highest BCUT2D eigenvalue weighted by atomic mass is 16.5. The van der Waals surface area contributed by atoms with Crippen LogP contribution in [0.1, 0.15) is 26.7 Å². The van der Waals surface area contributed by atoms with Crippen molar-refractivity contribution in [3.8, 4) is 11.5 Å². The molecule has 0 aromatic heterocycles. The Morgan fingerprint density at radius 1 is 1.23 bits per heavy atom. The minimum absolute atomic E-state index is 0.0421. The molecule has 0 aliphatic heterocycles. The molecule has 146 valence electrons. The largest absolute Gasteiger partial charge is 0.508 e. The molecule has 0 fully saturated rings. The van der Waals surface area contributed by atoms with E-state index in [1.54, 1.807) is 19.1 Å². The average Bonchev–Trinajstić information content (AvgIpc) is 2.59. The number of carbonyl (C=O) groups excluding carboxylic acids is 2. The summed E-state index contributed by atoms with van der Waals surface area (Å²) in [5, 5.41) is 26.5. The first kappa shape index (κ1) is 21.5. The zero-order valence-corrected chi connectivity index (χ0v) is 15.0. The zero-order chi connectivity index (χ0) is 19.4. The van der Waals surface area contributed by atoms with Gasteiger partial charge in [0.25, 0.3) is 0 Å². The van der Waals surface area contributed by atoms with Gasteiger partial charge in [0.15, 0.2) is 0 Å². The molecule has 0 aliphatic rings. The summed E-state index contributed by atoms with van der Waals surface area (Å²) in [5.74, 6) is 0.654. The topological polar surface area (TPSA) is 129 Å². The maximum Gasteiger partial charge on any atom is 0.415 e. The lowest BCUT2D eigenvalue weighted by atomic mass is 10.3. The number of aliphatic hydroxyl groups excluding tert-OH is 1. The van der Waals surface area contributed by atoms with Crippen molar-refractivity contribution in [3.05, 3.63) is 24.3 Å². The summed E-state index contributed by atoms with van der Waals surface area (Å²) in [6, 6.07) is 5.45. The number of unbranched alkanes of at least 4 members (excludes halogenated alkanes) is 1. The van der Waals surface area contributed by atoms with Crippen LogP contribution in [0.3, 0.4) is 0 Å². The summed E-state index contributed by atoms with van der Waals surface area (Å²) in [4.78, 5) is 22.9. The number of phenolic OH excluding ortho intramolecular Hbond substituents is 1. The summed E-state index contributed by atoms with van der Waals surface area (Å²) < 4.78 is 10.2. The van der Waals surface area contributed by atoms with Crippen molar-refractivity contribution in [1.29, 1.82) is 0 Å². The van der Waals surface area contributed by atoms with E-state index in [-0.39, 0.29) is 25.5 Å². The number of benzene rings is 1. The van der Waals surface area contributed by atoms with E-state index >= 15 is 0 Å². The molecular formula is C17H27N3O6. The number of imide groups is 1. The molecule has 9 heteroatoms. The molecule has 5 N–H and O–H groups in total. The molecule has 26 heavy (non-hydrogen) atoms. The minimum atomic E-state index is -0.810. The van der Waals surface area contributed by atoms with Crippen molar-refractivity contribution in [2.24, 2.45) is 0 Å². The predicted octanol–water partition coefficient (Wildman–Crippen LogP) is 1.30. The van der Waals surface area contributed by atoms with Crippen LogP contribution in [0.15, 0.2) is 24.3 Å². The predicted molar refractivity (Wildman–Crippen MR) is 95.0 cm³/mol. The van der Waals surface area contributed by atoms with Gasteiger partial charge in [0.05, 0.1) is 12.8 Å². The number of amides is 3. The molecular weight excluding hydrogens is 342 g/mol. The van der Waals surface area contributed by atoms with Crippen LogP contribution in [0.4, 0.5) is 9.59 Å². The normalized spacial score (nSPS) is 12.7. The number of aliphatic hydroxyl groups is 1. The molecule has 9 nitrogen and oxygen atoms in total. The first-order valence-electron chi connectivity index (χ1n) is 8.48. The second kappa shape index (κ2) is 11.9. The highest BCUT2D eigenvalue weighted by Gasteiger charge is 2.13. The number of aromatic hydroxyl groups is 1. The van der Waals surface area contributed by atoms with Gasteiger partial charge in [-0.25, -0.2) is 14.9 Å². The Balaban J connectivity index is 2.17. The Morgan fingerprint density at radius 3 is 2.58 bits per heavy atom. The van der Waals surface area contributed by atoms with Crippen molar-refractivity contribution >= 4 is 12.1 Å². The van der Waals surface area contributed by atoms with Crippen molar-refractivity contribution in [1.82, 2.24) is 16.0 Å². The number of carbonyl (C=O) groups is 2. The van der Waals surface area contributed by atoms with Gasteiger partial charge in [-0.1, -0.05) is 13.3 Å². The minimum Gasteiger partial charge on any atom is -0.508 e. The average molecular weight is 369 g/mol. The van der Waals surface area contributed by atoms with Gasteiger partial charge in [-0.3, -0.25) is 5.32 Å². The van der Waals surface area contributed by atoms with Crippen LogP contribution < -0.4 is 20.7 Å². The van der Waals surface area contributed by atoms with Crippen molar-refractivity contribution < 1.29 is 29.3 Å². The van der Waals surface area contributed by atoms with Crippen molar-refractivity contribution in [2.75, 3.05) is 19.8 Å². The fraction of sp³-hybridized carbons (Fsp3) is 0.529. The van der Waals surface area contributed by atoms with Gasteiger partial charge in [0.1, 0.15) is 24.2 Å². The number of hydrogen-bond acceptors (Lipinski definition) is 7. The van der Waals surface area contributed by atoms with E-state index in [0.29, 0.717) is 5.75 Å². The van der Waals surface area contributed by atoms with Gasteiger partial charge in [-0.05, 0) is 37.6 Å². The quantitative estimate of drug-likeness (QED) is 0.310. The monoisotopic (exact) mass is 369 g/mol. The summed E-state index contributed by atoms with van der Waals surface area (Å²) in [6.45, 7) is 4.10. The Bertz CT molecular complexity index is 552. The van der Waals surface area contributed by atoms with Gasteiger partial charge < -0.3 is 25.0 Å². The second-order valence-corrected chi connectivity index (χ2v) is 5.68. The molecule has 0 radical (unpaired) electrons. The lowest BCUT2D eigenvalue weighted by Gasteiger charge is -2.18. The third kappa shape index (κ3) is 9.70. The Labute approximate surface area is 152 Å². The van der Waals surface area contributed by atoms with Gasteiger partial charge in [0.2, 0.25) is 0 Å². The summed E-state index contributed by atoms with van der Waals surface area (Å²) >= 11 is 0. The van der Waals surface area contributed by atoms with Gasteiger partial charge in [-0.15, -0.1) is 0 Å². The number of hydrogen-bond donors (Lipinski definition) is 5. The molecule has 1 rings (SSSR count). The molecule has 0 heterocycles. The van der Waals surface area contributed by atoms with Crippen LogP contribution in [0.5, 0.6) is 11.5 Å². The maximum absolute atomic E-state index is 11.6. The van der Waals surface area contributed by atoms with E-state index in [4.69, 9.17) is 9.47 Å². The van der Waals surface area contributed by atoms with Crippen LogP contribution >= 0.6 is 0 Å². The lowest BCUT2D eigenvalue weighted by molar-refractivity contribution is 0.103. The van der Waals surface area contributed by atoms with Crippen molar-refractivity contribution in [2.45, 2.75) is 39.0 Å². The molecule has 0 spiro atoms. The van der Waals surface area contributed by atoms with Crippen LogP contribution in [0.2, 0.25) is 0 Å². The fourth-order valence-electron chi connectivity index (χ4n) is 1.83. The molecule has 0 aliphatic carbocycles. The number of rotatable bonds is 10. The third-order valence-electron chi connectivity index (χ3n) is 3.23. The van der Waals surface area contributed by atoms with Gasteiger partial charge in [-0.2, -0.15) is 0 Å². The fourth-order valence-corrected chi connectivity index (χ4v) is 1.83. The van der Waals surface area contributed by atoms with E-state index in [1.165, 1.54) is 12.1 Å². The summed E-state index contributed by atoms with van der Waals surface area (Å²) in [5.41, 5.74) is 0. The lowest BCUT2D eigenvalue weighted by Crippen LogP contribution is -2.51. The first-order valence-corrected chi connectivity index (χ1v) is 8.48. The van der Waals surface area contributed by atoms with Crippen molar-refractivity contribution in [3.63, 3.8) is 0 Å². The maximum atomic E-state index is 11.6. The highest BCUT2D eigenvalue weighted by Crippen LogP contribution is 2.15. The summed E-state index contributed by atoms with van der Waals surface area (Å²) in [7, 11) is 0. The zero-order valence-electron chi connectivity index (χ0n) is 15.0. The van der Waals surface area contributed by atoms with E-state index in [2.05, 4.69) is 10.6 Å². The smallest absolute Gasteiger partial charge is 0.415 e. The number of urea groups is 1. The van der Waals surface area contributed by atoms with Crippen LogP contribution in [0, 0.1) is 0 Å². The Hall–Kier alpha value is -2.52. The number of nitrogens with one attached hydrogen (secondary N) is 3. The van der Waals surface area contributed by atoms with E-state index in [0.717, 1.165) is 12.8 Å². The Morgan fingerprint density at radius 2 is 1.92 bits per heavy atom. The molecule has 2 atom stereocenters. The van der Waals surface area contributed by atoms with E-state index < -0.39 is 24.4 Å². The standard InChI is InChI=1S/C17H27N3O6/c1-3-4-9-25-17(24)20-16(23)19-12(2)18-10-14(22)11-26-15-7-5-13(21)6-8-15/h5-8,12,14,18,21-22H,3-4,9-11H2,1-2H3,(H2,19,20,23,24). The van der Waals surface area contributed by atoms with Crippen LogP contribution in [-0.4, -0.2) is 54.4 Å².